The Kier molecular flexibility index (Phi) is 1.98. The van der Waals surface area contributed by atoms with Crippen molar-refractivity contribution < 1.29 is 5.11 Å². The Morgan fingerprint density at radius 3 is 2.77 bits per heavy atom. The molecule has 13 heavy (non-hydrogen) atoms. The standard InChI is InChI=1S/C8H4Cl2N2O/c9-5-2-1-4-3-11-8(10)12-6(4)7(5)13/h1-3,13H. The summed E-state index contributed by atoms with van der Waals surface area (Å²) >= 11 is 11.3. The minimum absolute atomic E-state index is 0.0662. The Morgan fingerprint density at radius 1 is 1.23 bits per heavy atom. The number of benzene rings is 1. The normalized spacial score (nSPS) is 10.6. The number of rotatable bonds is 0. The van der Waals surface area contributed by atoms with E-state index in [2.05, 4.69) is 9.97 Å². The molecule has 0 saturated heterocycles. The van der Waals surface area contributed by atoms with Crippen LogP contribution < -0.4 is 0 Å². The number of phenolic OH excluding ortho intramolecular Hbond substituents is 1. The first-order valence-electron chi connectivity index (χ1n) is 3.48. The van der Waals surface area contributed by atoms with Gasteiger partial charge in [0.1, 0.15) is 5.52 Å². The van der Waals surface area contributed by atoms with Crippen molar-refractivity contribution in [2.24, 2.45) is 0 Å². The van der Waals surface area contributed by atoms with Gasteiger partial charge in [-0.2, -0.15) is 0 Å². The van der Waals surface area contributed by atoms with Gasteiger partial charge in [-0.25, -0.2) is 9.97 Å². The monoisotopic (exact) mass is 214 g/mol. The van der Waals surface area contributed by atoms with Gasteiger partial charge in [0.05, 0.1) is 5.02 Å². The maximum atomic E-state index is 9.50. The molecule has 0 atom stereocenters. The molecule has 0 spiro atoms. The van der Waals surface area contributed by atoms with E-state index in [1.54, 1.807) is 12.1 Å². The molecular formula is C8H4Cl2N2O. The van der Waals surface area contributed by atoms with Crippen molar-refractivity contribution in [1.29, 1.82) is 0 Å². The van der Waals surface area contributed by atoms with E-state index in [-0.39, 0.29) is 16.1 Å². The molecule has 0 saturated carbocycles. The molecule has 3 nitrogen and oxygen atoms in total. The van der Waals surface area contributed by atoms with Crippen LogP contribution in [-0.2, 0) is 0 Å². The first kappa shape index (κ1) is 8.53. The van der Waals surface area contributed by atoms with Gasteiger partial charge in [-0.3, -0.25) is 0 Å². The third-order valence-corrected chi connectivity index (χ3v) is 2.13. The molecular weight excluding hydrogens is 211 g/mol. The number of hydrogen-bond donors (Lipinski definition) is 1. The molecule has 2 rings (SSSR count). The third-order valence-electron chi connectivity index (χ3n) is 1.65. The highest BCUT2D eigenvalue weighted by Gasteiger charge is 2.06. The fourth-order valence-electron chi connectivity index (χ4n) is 1.04. The van der Waals surface area contributed by atoms with E-state index in [1.807, 2.05) is 0 Å². The Bertz CT molecular complexity index is 468. The minimum atomic E-state index is -0.0662. The van der Waals surface area contributed by atoms with Gasteiger partial charge in [0.2, 0.25) is 5.28 Å². The zero-order valence-corrected chi connectivity index (χ0v) is 7.84. The summed E-state index contributed by atoms with van der Waals surface area (Å²) in [5.41, 5.74) is 0.368. The zero-order chi connectivity index (χ0) is 9.42. The molecule has 0 aliphatic rings. The van der Waals surface area contributed by atoms with Crippen LogP contribution in [0.15, 0.2) is 18.3 Å². The highest BCUT2D eigenvalue weighted by atomic mass is 35.5. The number of nitrogens with zero attached hydrogens (tertiary/aromatic N) is 2. The van der Waals surface area contributed by atoms with Crippen molar-refractivity contribution in [3.63, 3.8) is 0 Å². The molecule has 0 aliphatic carbocycles. The summed E-state index contributed by atoms with van der Waals surface area (Å²) in [6.07, 6.45) is 1.53. The van der Waals surface area contributed by atoms with Crippen LogP contribution in [0.25, 0.3) is 10.9 Å². The molecule has 0 bridgehead atoms. The molecule has 0 fully saturated rings. The summed E-state index contributed by atoms with van der Waals surface area (Å²) in [5, 5.41) is 10.5. The second-order valence-corrected chi connectivity index (χ2v) is 3.22. The quantitative estimate of drug-likeness (QED) is 0.687. The van der Waals surface area contributed by atoms with E-state index in [9.17, 15) is 5.11 Å². The Balaban J connectivity index is 2.89. The fraction of sp³-hybridized carbons (Fsp3) is 0. The minimum Gasteiger partial charge on any atom is -0.504 e. The molecule has 1 heterocycles. The molecule has 1 aromatic carbocycles. The molecule has 2 aromatic rings. The number of aromatic nitrogens is 2. The summed E-state index contributed by atoms with van der Waals surface area (Å²) in [6.45, 7) is 0. The SMILES string of the molecule is Oc1c(Cl)ccc2cnc(Cl)nc12. The molecule has 5 heteroatoms. The van der Waals surface area contributed by atoms with Crippen molar-refractivity contribution in [3.05, 3.63) is 28.6 Å². The summed E-state index contributed by atoms with van der Waals surface area (Å²) in [5.74, 6) is -0.0662. The highest BCUT2D eigenvalue weighted by Crippen LogP contribution is 2.30. The Morgan fingerprint density at radius 2 is 2.00 bits per heavy atom. The first-order chi connectivity index (χ1) is 6.18. The van der Waals surface area contributed by atoms with Gasteiger partial charge in [0, 0.05) is 11.6 Å². The third kappa shape index (κ3) is 1.41. The summed E-state index contributed by atoms with van der Waals surface area (Å²) in [6, 6.07) is 3.30. The van der Waals surface area contributed by atoms with Crippen LogP contribution in [0.4, 0.5) is 0 Å². The van der Waals surface area contributed by atoms with E-state index in [1.165, 1.54) is 6.20 Å². The van der Waals surface area contributed by atoms with Gasteiger partial charge in [0.15, 0.2) is 5.75 Å². The van der Waals surface area contributed by atoms with Gasteiger partial charge in [-0.15, -0.1) is 0 Å². The van der Waals surface area contributed by atoms with E-state index in [0.717, 1.165) is 0 Å². The van der Waals surface area contributed by atoms with Gasteiger partial charge in [-0.05, 0) is 23.7 Å². The number of phenols is 1. The topological polar surface area (TPSA) is 46.0 Å². The molecule has 0 unspecified atom stereocenters. The van der Waals surface area contributed by atoms with Crippen molar-refractivity contribution in [2.45, 2.75) is 0 Å². The van der Waals surface area contributed by atoms with Crippen LogP contribution in [0.3, 0.4) is 0 Å². The van der Waals surface area contributed by atoms with Crippen molar-refractivity contribution >= 4 is 34.1 Å². The second kappa shape index (κ2) is 3.01. The second-order valence-electron chi connectivity index (χ2n) is 2.47. The van der Waals surface area contributed by atoms with Crippen LogP contribution in [0.1, 0.15) is 0 Å². The number of halogens is 2. The van der Waals surface area contributed by atoms with E-state index >= 15 is 0 Å². The van der Waals surface area contributed by atoms with E-state index < -0.39 is 0 Å². The molecule has 0 radical (unpaired) electrons. The van der Waals surface area contributed by atoms with Gasteiger partial charge in [0.25, 0.3) is 0 Å². The van der Waals surface area contributed by atoms with Crippen LogP contribution in [-0.4, -0.2) is 15.1 Å². The molecule has 1 N–H and O–H groups in total. The lowest BCUT2D eigenvalue weighted by atomic mass is 10.2. The van der Waals surface area contributed by atoms with Crippen LogP contribution >= 0.6 is 23.2 Å². The molecule has 66 valence electrons. The zero-order valence-electron chi connectivity index (χ0n) is 6.33. The Hall–Kier alpha value is -1.06. The first-order valence-corrected chi connectivity index (χ1v) is 4.24. The fourth-order valence-corrected chi connectivity index (χ4v) is 1.32. The summed E-state index contributed by atoms with van der Waals surface area (Å²) in [4.78, 5) is 7.63. The summed E-state index contributed by atoms with van der Waals surface area (Å²) < 4.78 is 0. The molecule has 1 aromatic heterocycles. The lowest BCUT2D eigenvalue weighted by Gasteiger charge is -2.00. The smallest absolute Gasteiger partial charge is 0.223 e. The number of fused-ring (bicyclic) bond motifs is 1. The molecule has 0 amide bonds. The summed E-state index contributed by atoms with van der Waals surface area (Å²) in [7, 11) is 0. The highest BCUT2D eigenvalue weighted by molar-refractivity contribution is 6.33. The maximum Gasteiger partial charge on any atom is 0.223 e. The van der Waals surface area contributed by atoms with Gasteiger partial charge in [-0.1, -0.05) is 11.6 Å². The van der Waals surface area contributed by atoms with E-state index in [4.69, 9.17) is 23.2 Å². The predicted molar refractivity (Wildman–Crippen MR) is 51.2 cm³/mol. The van der Waals surface area contributed by atoms with Crippen molar-refractivity contribution in [3.8, 4) is 5.75 Å². The van der Waals surface area contributed by atoms with Crippen LogP contribution in [0, 0.1) is 0 Å². The maximum absolute atomic E-state index is 9.50. The van der Waals surface area contributed by atoms with Crippen LogP contribution in [0.2, 0.25) is 10.3 Å². The average Bonchev–Trinajstić information content (AvgIpc) is 2.12. The Labute approximate surface area is 84.0 Å². The van der Waals surface area contributed by atoms with Gasteiger partial charge < -0.3 is 5.11 Å². The molecule has 0 aliphatic heterocycles. The van der Waals surface area contributed by atoms with Crippen molar-refractivity contribution in [2.75, 3.05) is 0 Å². The lowest BCUT2D eigenvalue weighted by molar-refractivity contribution is 0.480. The lowest BCUT2D eigenvalue weighted by Crippen LogP contribution is -1.84. The van der Waals surface area contributed by atoms with E-state index in [0.29, 0.717) is 10.9 Å². The van der Waals surface area contributed by atoms with Crippen molar-refractivity contribution in [1.82, 2.24) is 9.97 Å². The number of hydrogen-bond acceptors (Lipinski definition) is 3. The predicted octanol–water partition coefficient (Wildman–Crippen LogP) is 2.64. The van der Waals surface area contributed by atoms with Crippen LogP contribution in [0.5, 0.6) is 5.75 Å². The van der Waals surface area contributed by atoms with Gasteiger partial charge >= 0.3 is 0 Å². The largest absolute Gasteiger partial charge is 0.504 e. The number of aromatic hydroxyl groups is 1. The average molecular weight is 215 g/mol.